The van der Waals surface area contributed by atoms with E-state index in [4.69, 9.17) is 4.74 Å². The van der Waals surface area contributed by atoms with Crippen molar-refractivity contribution in [2.24, 2.45) is 0 Å². The summed E-state index contributed by atoms with van der Waals surface area (Å²) < 4.78 is 29.9. The van der Waals surface area contributed by atoms with Crippen LogP contribution in [-0.4, -0.2) is 52.0 Å². The Balaban J connectivity index is 2.61. The summed E-state index contributed by atoms with van der Waals surface area (Å²) in [5.41, 5.74) is 0.335. The van der Waals surface area contributed by atoms with E-state index in [1.165, 1.54) is 32.3 Å². The van der Waals surface area contributed by atoms with Crippen LogP contribution in [0.25, 0.3) is 0 Å². The lowest BCUT2D eigenvalue weighted by atomic mass is 10.3. The van der Waals surface area contributed by atoms with Crippen molar-refractivity contribution in [3.63, 3.8) is 0 Å². The minimum Gasteiger partial charge on any atom is -0.466 e. The molecule has 2 N–H and O–H groups in total. The van der Waals surface area contributed by atoms with Gasteiger partial charge in [-0.3, -0.25) is 4.79 Å². The van der Waals surface area contributed by atoms with Crippen molar-refractivity contribution >= 4 is 27.7 Å². The van der Waals surface area contributed by atoms with Gasteiger partial charge >= 0.3 is 12.0 Å². The first kappa shape index (κ1) is 18.9. The second-order valence-corrected chi connectivity index (χ2v) is 6.90. The monoisotopic (exact) mass is 343 g/mol. The summed E-state index contributed by atoms with van der Waals surface area (Å²) in [6.07, 6.45) is 0.0658. The molecule has 0 saturated heterocycles. The van der Waals surface area contributed by atoms with Crippen molar-refractivity contribution in [3.8, 4) is 0 Å². The van der Waals surface area contributed by atoms with Gasteiger partial charge in [0.05, 0.1) is 17.9 Å². The van der Waals surface area contributed by atoms with Crippen LogP contribution in [0.1, 0.15) is 13.3 Å². The molecule has 0 spiro atoms. The number of carbonyl (C=O) groups is 2. The van der Waals surface area contributed by atoms with E-state index in [-0.39, 0.29) is 24.5 Å². The minimum atomic E-state index is -3.57. The number of urea groups is 1. The van der Waals surface area contributed by atoms with Gasteiger partial charge in [-0.1, -0.05) is 6.07 Å². The van der Waals surface area contributed by atoms with Crippen molar-refractivity contribution < 1.29 is 22.7 Å². The lowest BCUT2D eigenvalue weighted by Crippen LogP contribution is -2.31. The highest BCUT2D eigenvalue weighted by Crippen LogP contribution is 2.17. The SMILES string of the molecule is CCOC(=O)CCNC(=O)Nc1cccc(S(=O)(=O)N(C)C)c1. The molecule has 0 unspecified atom stereocenters. The highest BCUT2D eigenvalue weighted by Gasteiger charge is 2.17. The molecule has 1 aromatic rings. The molecule has 0 aromatic heterocycles. The fourth-order valence-corrected chi connectivity index (χ4v) is 2.58. The van der Waals surface area contributed by atoms with Crippen LogP contribution >= 0.6 is 0 Å². The molecule has 0 bridgehead atoms. The van der Waals surface area contributed by atoms with E-state index in [9.17, 15) is 18.0 Å². The predicted molar refractivity (Wildman–Crippen MR) is 85.6 cm³/mol. The normalized spacial score (nSPS) is 11.1. The first-order valence-electron chi connectivity index (χ1n) is 7.00. The summed E-state index contributed by atoms with van der Waals surface area (Å²) in [6.45, 7) is 2.12. The topological polar surface area (TPSA) is 105 Å². The number of esters is 1. The number of hydrogen-bond donors (Lipinski definition) is 2. The zero-order chi connectivity index (χ0) is 17.5. The number of nitrogens with zero attached hydrogens (tertiary/aromatic N) is 1. The van der Waals surface area contributed by atoms with Crippen molar-refractivity contribution in [2.75, 3.05) is 32.6 Å². The van der Waals surface area contributed by atoms with Crippen LogP contribution in [0, 0.1) is 0 Å². The van der Waals surface area contributed by atoms with E-state index in [1.54, 1.807) is 13.0 Å². The van der Waals surface area contributed by atoms with Crippen molar-refractivity contribution in [1.29, 1.82) is 0 Å². The molecular formula is C14H21N3O5S. The summed E-state index contributed by atoms with van der Waals surface area (Å²) in [5.74, 6) is -0.396. The standard InChI is InChI=1S/C14H21N3O5S/c1-4-22-13(18)8-9-15-14(19)16-11-6-5-7-12(10-11)23(20,21)17(2)3/h5-7,10H,4,8-9H2,1-3H3,(H2,15,16,19). The van der Waals surface area contributed by atoms with Crippen LogP contribution in [-0.2, 0) is 19.6 Å². The average Bonchev–Trinajstić information content (AvgIpc) is 2.47. The Morgan fingerprint density at radius 3 is 2.57 bits per heavy atom. The van der Waals surface area contributed by atoms with Gasteiger partial charge < -0.3 is 15.4 Å². The van der Waals surface area contributed by atoms with Gasteiger partial charge in [0.25, 0.3) is 0 Å². The van der Waals surface area contributed by atoms with Crippen LogP contribution in [0.3, 0.4) is 0 Å². The molecule has 0 heterocycles. The maximum absolute atomic E-state index is 12.0. The molecule has 2 amide bonds. The van der Waals surface area contributed by atoms with Gasteiger partial charge in [0.15, 0.2) is 0 Å². The molecule has 23 heavy (non-hydrogen) atoms. The highest BCUT2D eigenvalue weighted by molar-refractivity contribution is 7.89. The second-order valence-electron chi connectivity index (χ2n) is 4.75. The average molecular weight is 343 g/mol. The molecule has 0 radical (unpaired) electrons. The van der Waals surface area contributed by atoms with Crippen LogP contribution in [0.5, 0.6) is 0 Å². The summed E-state index contributed by atoms with van der Waals surface area (Å²) in [6, 6.07) is 5.37. The molecule has 9 heteroatoms. The largest absolute Gasteiger partial charge is 0.466 e. The number of carbonyl (C=O) groups excluding carboxylic acids is 2. The predicted octanol–water partition coefficient (Wildman–Crippen LogP) is 1.01. The van der Waals surface area contributed by atoms with E-state index in [0.29, 0.717) is 5.69 Å². The highest BCUT2D eigenvalue weighted by atomic mass is 32.2. The number of sulfonamides is 1. The van der Waals surface area contributed by atoms with Crippen LogP contribution in [0.15, 0.2) is 29.2 Å². The quantitative estimate of drug-likeness (QED) is 0.719. The van der Waals surface area contributed by atoms with Crippen LogP contribution in [0.2, 0.25) is 0 Å². The van der Waals surface area contributed by atoms with Gasteiger partial charge in [0, 0.05) is 26.3 Å². The molecule has 8 nitrogen and oxygen atoms in total. The maximum atomic E-state index is 12.0. The Morgan fingerprint density at radius 2 is 1.96 bits per heavy atom. The van der Waals surface area contributed by atoms with Crippen molar-refractivity contribution in [1.82, 2.24) is 9.62 Å². The molecule has 0 aliphatic heterocycles. The lowest BCUT2D eigenvalue weighted by molar-refractivity contribution is -0.142. The Hall–Kier alpha value is -2.13. The molecular weight excluding hydrogens is 322 g/mol. The Labute approximate surface area is 135 Å². The van der Waals surface area contributed by atoms with Gasteiger partial charge in [-0.2, -0.15) is 0 Å². The fourth-order valence-electron chi connectivity index (χ4n) is 1.63. The number of ether oxygens (including phenoxy) is 1. The third kappa shape index (κ3) is 5.87. The summed E-state index contributed by atoms with van der Waals surface area (Å²) >= 11 is 0. The third-order valence-corrected chi connectivity index (χ3v) is 4.60. The van der Waals surface area contributed by atoms with E-state index in [0.717, 1.165) is 4.31 Å². The number of benzene rings is 1. The minimum absolute atomic E-state index is 0.0658. The summed E-state index contributed by atoms with van der Waals surface area (Å²) in [7, 11) is -0.713. The summed E-state index contributed by atoms with van der Waals surface area (Å²) in [4.78, 5) is 22.9. The second kappa shape index (κ2) is 8.49. The van der Waals surface area contributed by atoms with E-state index in [2.05, 4.69) is 10.6 Å². The van der Waals surface area contributed by atoms with Gasteiger partial charge in [-0.25, -0.2) is 17.5 Å². The molecule has 0 aliphatic rings. The molecule has 0 aliphatic carbocycles. The van der Waals surface area contributed by atoms with Gasteiger partial charge in [-0.05, 0) is 25.1 Å². The van der Waals surface area contributed by atoms with Gasteiger partial charge in [0.1, 0.15) is 0 Å². The maximum Gasteiger partial charge on any atom is 0.319 e. The Morgan fingerprint density at radius 1 is 1.26 bits per heavy atom. The van der Waals surface area contributed by atoms with Gasteiger partial charge in [-0.15, -0.1) is 0 Å². The van der Waals surface area contributed by atoms with Crippen LogP contribution in [0.4, 0.5) is 10.5 Å². The molecule has 0 fully saturated rings. The zero-order valence-electron chi connectivity index (χ0n) is 13.3. The van der Waals surface area contributed by atoms with E-state index < -0.39 is 22.0 Å². The number of anilines is 1. The van der Waals surface area contributed by atoms with E-state index >= 15 is 0 Å². The first-order chi connectivity index (χ1) is 10.8. The Kier molecular flexibility index (Phi) is 6.98. The molecule has 1 aromatic carbocycles. The smallest absolute Gasteiger partial charge is 0.319 e. The van der Waals surface area contributed by atoms with E-state index in [1.807, 2.05) is 0 Å². The Bertz CT molecular complexity index is 658. The molecule has 0 atom stereocenters. The first-order valence-corrected chi connectivity index (χ1v) is 8.44. The van der Waals surface area contributed by atoms with Gasteiger partial charge in [0.2, 0.25) is 10.0 Å². The lowest BCUT2D eigenvalue weighted by Gasteiger charge is -2.13. The number of amides is 2. The zero-order valence-corrected chi connectivity index (χ0v) is 14.1. The number of rotatable bonds is 7. The summed E-state index contributed by atoms with van der Waals surface area (Å²) in [5, 5.41) is 5.00. The molecule has 0 saturated carbocycles. The van der Waals surface area contributed by atoms with Crippen molar-refractivity contribution in [2.45, 2.75) is 18.2 Å². The fraction of sp³-hybridized carbons (Fsp3) is 0.429. The molecule has 128 valence electrons. The van der Waals surface area contributed by atoms with Crippen LogP contribution < -0.4 is 10.6 Å². The van der Waals surface area contributed by atoms with Crippen molar-refractivity contribution in [3.05, 3.63) is 24.3 Å². The molecule has 1 rings (SSSR count). The third-order valence-electron chi connectivity index (χ3n) is 2.79. The number of hydrogen-bond acceptors (Lipinski definition) is 5. The number of nitrogens with one attached hydrogen (secondary N) is 2.